The third kappa shape index (κ3) is 3.90. The maximum absolute atomic E-state index is 4.79. The molecule has 2 aromatic heterocycles. The summed E-state index contributed by atoms with van der Waals surface area (Å²) in [5, 5.41) is 3.34. The molecule has 0 aromatic carbocycles. The summed E-state index contributed by atoms with van der Waals surface area (Å²) in [5.41, 5.74) is 3.25. The summed E-state index contributed by atoms with van der Waals surface area (Å²) in [7, 11) is 0. The van der Waals surface area contributed by atoms with Crippen molar-refractivity contribution >= 4 is 28.4 Å². The predicted molar refractivity (Wildman–Crippen MR) is 95.4 cm³/mol. The number of pyridine rings is 1. The monoisotopic (exact) mass is 396 g/mol. The molecule has 112 valence electrons. The van der Waals surface area contributed by atoms with Crippen LogP contribution >= 0.6 is 22.6 Å². The van der Waals surface area contributed by atoms with Crippen molar-refractivity contribution in [2.75, 3.05) is 11.9 Å². The van der Waals surface area contributed by atoms with Crippen LogP contribution in [0.5, 0.6) is 0 Å². The van der Waals surface area contributed by atoms with Gasteiger partial charge in [-0.25, -0.2) is 9.97 Å². The highest BCUT2D eigenvalue weighted by Crippen LogP contribution is 2.26. The van der Waals surface area contributed by atoms with Crippen molar-refractivity contribution in [3.05, 3.63) is 33.3 Å². The van der Waals surface area contributed by atoms with E-state index in [1.54, 1.807) is 6.20 Å². The van der Waals surface area contributed by atoms with E-state index in [1.165, 1.54) is 0 Å². The first kappa shape index (κ1) is 16.1. The fourth-order valence-corrected chi connectivity index (χ4v) is 2.77. The van der Waals surface area contributed by atoms with E-state index in [2.05, 4.69) is 60.6 Å². The number of rotatable bonds is 5. The average Bonchev–Trinajstić information content (AvgIpc) is 2.43. The van der Waals surface area contributed by atoms with Gasteiger partial charge in [0.1, 0.15) is 5.82 Å². The van der Waals surface area contributed by atoms with Crippen LogP contribution in [-0.4, -0.2) is 21.5 Å². The van der Waals surface area contributed by atoms with Crippen LogP contribution in [0.3, 0.4) is 0 Å². The van der Waals surface area contributed by atoms with Crippen molar-refractivity contribution in [2.24, 2.45) is 5.92 Å². The van der Waals surface area contributed by atoms with Crippen LogP contribution in [0.2, 0.25) is 0 Å². The fourth-order valence-electron chi connectivity index (χ4n) is 2.12. The molecule has 0 spiro atoms. The van der Waals surface area contributed by atoms with Crippen molar-refractivity contribution in [2.45, 2.75) is 34.1 Å². The molecule has 0 saturated carbocycles. The number of nitrogens with one attached hydrogen (secondary N) is 1. The molecule has 0 radical (unpaired) electrons. The lowest BCUT2D eigenvalue weighted by Gasteiger charge is -2.14. The summed E-state index contributed by atoms with van der Waals surface area (Å²) in [6.07, 6.45) is 4.59. The summed E-state index contributed by atoms with van der Waals surface area (Å²) in [4.78, 5) is 13.7. The summed E-state index contributed by atoms with van der Waals surface area (Å²) in [6, 6.07) is 1.99. The second-order valence-corrected chi connectivity index (χ2v) is 6.55. The zero-order valence-corrected chi connectivity index (χ0v) is 15.1. The van der Waals surface area contributed by atoms with Gasteiger partial charge in [0.05, 0.1) is 9.26 Å². The highest BCUT2D eigenvalue weighted by molar-refractivity contribution is 14.1. The minimum absolute atomic E-state index is 0.561. The third-order valence-electron chi connectivity index (χ3n) is 3.15. The molecule has 0 fully saturated rings. The smallest absolute Gasteiger partial charge is 0.163 e. The minimum atomic E-state index is 0.561. The van der Waals surface area contributed by atoms with E-state index < -0.39 is 0 Å². The number of hydrogen-bond acceptors (Lipinski definition) is 4. The molecule has 1 N–H and O–H groups in total. The van der Waals surface area contributed by atoms with Gasteiger partial charge in [0, 0.05) is 24.5 Å². The zero-order chi connectivity index (χ0) is 15.4. The Morgan fingerprint density at radius 1 is 1.29 bits per heavy atom. The third-order valence-corrected chi connectivity index (χ3v) is 4.28. The zero-order valence-electron chi connectivity index (χ0n) is 12.9. The predicted octanol–water partition coefficient (Wildman–Crippen LogP) is 4.08. The Morgan fingerprint density at radius 2 is 2.05 bits per heavy atom. The number of aryl methyl sites for hydroxylation is 1. The lowest BCUT2D eigenvalue weighted by atomic mass is 10.1. The Bertz CT molecular complexity index is 626. The standard InChI is InChI=1S/C16H21IN4/c1-5-19-16-14(17)13(8-10(2)3)20-15(21-16)12-9-18-7-6-11(12)4/h6-7,9-10H,5,8H2,1-4H3,(H,19,20,21). The van der Waals surface area contributed by atoms with E-state index in [-0.39, 0.29) is 0 Å². The SMILES string of the molecule is CCNc1nc(-c2cnccc2C)nc(CC(C)C)c1I. The molecule has 0 amide bonds. The van der Waals surface area contributed by atoms with Gasteiger partial charge in [0.25, 0.3) is 0 Å². The van der Waals surface area contributed by atoms with Crippen LogP contribution < -0.4 is 5.32 Å². The molecule has 0 saturated heterocycles. The highest BCUT2D eigenvalue weighted by atomic mass is 127. The number of aromatic nitrogens is 3. The first-order chi connectivity index (χ1) is 10.0. The minimum Gasteiger partial charge on any atom is -0.369 e. The Labute approximate surface area is 140 Å². The van der Waals surface area contributed by atoms with Crippen molar-refractivity contribution in [3.63, 3.8) is 0 Å². The molecule has 0 unspecified atom stereocenters. The molecule has 2 aromatic rings. The summed E-state index contributed by atoms with van der Waals surface area (Å²) in [5.74, 6) is 2.24. The van der Waals surface area contributed by atoms with Gasteiger partial charge in [-0.3, -0.25) is 4.98 Å². The number of nitrogens with zero attached hydrogens (tertiary/aromatic N) is 3. The van der Waals surface area contributed by atoms with E-state index in [4.69, 9.17) is 9.97 Å². The summed E-state index contributed by atoms with van der Waals surface area (Å²) < 4.78 is 1.12. The van der Waals surface area contributed by atoms with Crippen LogP contribution in [0.15, 0.2) is 18.5 Å². The van der Waals surface area contributed by atoms with E-state index in [1.807, 2.05) is 12.3 Å². The quantitative estimate of drug-likeness (QED) is 0.774. The Hall–Kier alpha value is -1.24. The van der Waals surface area contributed by atoms with Gasteiger partial charge >= 0.3 is 0 Å². The number of hydrogen-bond donors (Lipinski definition) is 1. The van der Waals surface area contributed by atoms with Crippen LogP contribution in [0.4, 0.5) is 5.82 Å². The van der Waals surface area contributed by atoms with Crippen LogP contribution in [0.1, 0.15) is 32.0 Å². The first-order valence-corrected chi connectivity index (χ1v) is 8.32. The van der Waals surface area contributed by atoms with Crippen molar-refractivity contribution in [3.8, 4) is 11.4 Å². The summed E-state index contributed by atoms with van der Waals surface area (Å²) in [6.45, 7) is 9.41. The van der Waals surface area contributed by atoms with Gasteiger partial charge in [-0.1, -0.05) is 13.8 Å². The molecule has 0 aliphatic carbocycles. The first-order valence-electron chi connectivity index (χ1n) is 7.24. The second kappa shape index (κ2) is 7.15. The number of anilines is 1. The largest absolute Gasteiger partial charge is 0.369 e. The lowest BCUT2D eigenvalue weighted by Crippen LogP contribution is -2.10. The maximum Gasteiger partial charge on any atom is 0.163 e. The van der Waals surface area contributed by atoms with Gasteiger partial charge in [0.2, 0.25) is 0 Å². The molecular formula is C16H21IN4. The van der Waals surface area contributed by atoms with Crippen molar-refractivity contribution in [1.29, 1.82) is 0 Å². The molecule has 2 rings (SSSR count). The normalized spacial score (nSPS) is 11.0. The average molecular weight is 396 g/mol. The molecule has 4 nitrogen and oxygen atoms in total. The van der Waals surface area contributed by atoms with E-state index >= 15 is 0 Å². The molecule has 0 aliphatic heterocycles. The van der Waals surface area contributed by atoms with Crippen LogP contribution in [0, 0.1) is 16.4 Å². The van der Waals surface area contributed by atoms with Crippen molar-refractivity contribution in [1.82, 2.24) is 15.0 Å². The van der Waals surface area contributed by atoms with Gasteiger partial charge in [-0.2, -0.15) is 0 Å². The molecule has 0 bridgehead atoms. The van der Waals surface area contributed by atoms with E-state index in [0.717, 1.165) is 45.0 Å². The van der Waals surface area contributed by atoms with Crippen molar-refractivity contribution < 1.29 is 0 Å². The topological polar surface area (TPSA) is 50.7 Å². The van der Waals surface area contributed by atoms with Gasteiger partial charge in [-0.05, 0) is 60.4 Å². The molecule has 5 heteroatoms. The fraction of sp³-hybridized carbons (Fsp3) is 0.438. The van der Waals surface area contributed by atoms with E-state index in [9.17, 15) is 0 Å². The summed E-state index contributed by atoms with van der Waals surface area (Å²) >= 11 is 2.34. The molecular weight excluding hydrogens is 375 g/mol. The molecule has 0 aliphatic rings. The van der Waals surface area contributed by atoms with Gasteiger partial charge in [0.15, 0.2) is 5.82 Å². The lowest BCUT2D eigenvalue weighted by molar-refractivity contribution is 0.632. The number of halogens is 1. The highest BCUT2D eigenvalue weighted by Gasteiger charge is 2.15. The second-order valence-electron chi connectivity index (χ2n) is 5.48. The van der Waals surface area contributed by atoms with Crippen LogP contribution in [0.25, 0.3) is 11.4 Å². The van der Waals surface area contributed by atoms with E-state index in [0.29, 0.717) is 5.92 Å². The Morgan fingerprint density at radius 3 is 2.67 bits per heavy atom. The maximum atomic E-state index is 4.79. The van der Waals surface area contributed by atoms with Gasteiger partial charge in [-0.15, -0.1) is 0 Å². The molecule has 0 atom stereocenters. The Balaban J connectivity index is 2.56. The molecule has 2 heterocycles. The molecule has 21 heavy (non-hydrogen) atoms. The van der Waals surface area contributed by atoms with Gasteiger partial charge < -0.3 is 5.32 Å². The van der Waals surface area contributed by atoms with Crippen LogP contribution in [-0.2, 0) is 6.42 Å². The Kier molecular flexibility index (Phi) is 5.50.